The van der Waals surface area contributed by atoms with Crippen molar-refractivity contribution in [2.75, 3.05) is 13.7 Å². The van der Waals surface area contributed by atoms with E-state index in [1.165, 1.54) is 7.11 Å². The van der Waals surface area contributed by atoms with E-state index in [4.69, 9.17) is 20.3 Å². The number of esters is 1. The van der Waals surface area contributed by atoms with E-state index in [2.05, 4.69) is 6.92 Å². The van der Waals surface area contributed by atoms with Crippen molar-refractivity contribution in [3.05, 3.63) is 0 Å². The van der Waals surface area contributed by atoms with Crippen LogP contribution in [0.25, 0.3) is 0 Å². The smallest absolute Gasteiger partial charge is 0.323 e. The molecule has 20 heavy (non-hydrogen) atoms. The lowest BCUT2D eigenvalue weighted by molar-refractivity contribution is -0.157. The van der Waals surface area contributed by atoms with Gasteiger partial charge in [-0.15, -0.1) is 0 Å². The highest BCUT2D eigenvalue weighted by Gasteiger charge is 2.26. The Morgan fingerprint density at radius 3 is 2.45 bits per heavy atom. The molecule has 0 unspecified atom stereocenters. The Labute approximate surface area is 120 Å². The van der Waals surface area contributed by atoms with E-state index in [-0.39, 0.29) is 12.3 Å². The molecule has 0 aromatic rings. The van der Waals surface area contributed by atoms with Crippen LogP contribution in [0, 0.1) is 5.92 Å². The van der Waals surface area contributed by atoms with E-state index in [1.54, 1.807) is 0 Å². The van der Waals surface area contributed by atoms with E-state index in [0.717, 1.165) is 19.3 Å². The Bertz CT molecular complexity index is 295. The molecule has 0 heterocycles. The van der Waals surface area contributed by atoms with Crippen LogP contribution in [0.2, 0.25) is 0 Å². The topological polar surface area (TPSA) is 98.9 Å². The Hall–Kier alpha value is -1.14. The average molecular weight is 289 g/mol. The van der Waals surface area contributed by atoms with Crippen molar-refractivity contribution >= 4 is 11.9 Å². The highest BCUT2D eigenvalue weighted by Crippen LogP contribution is 2.19. The van der Waals surface area contributed by atoms with Crippen molar-refractivity contribution in [3.63, 3.8) is 0 Å². The maximum absolute atomic E-state index is 11.8. The van der Waals surface area contributed by atoms with Gasteiger partial charge in [-0.25, -0.2) is 0 Å². The number of carboxylic acids is 1. The lowest BCUT2D eigenvalue weighted by atomic mass is 9.95. The first-order chi connectivity index (χ1) is 9.42. The molecule has 3 atom stereocenters. The molecule has 0 aliphatic heterocycles. The summed E-state index contributed by atoms with van der Waals surface area (Å²) >= 11 is 0. The van der Waals surface area contributed by atoms with Gasteiger partial charge in [0, 0.05) is 13.7 Å². The van der Waals surface area contributed by atoms with Crippen molar-refractivity contribution in [1.29, 1.82) is 0 Å². The monoisotopic (exact) mass is 289 g/mol. The highest BCUT2D eigenvalue weighted by atomic mass is 16.5. The summed E-state index contributed by atoms with van der Waals surface area (Å²) in [5, 5.41) is 8.91. The molecule has 0 spiro atoms. The summed E-state index contributed by atoms with van der Waals surface area (Å²) in [6.45, 7) is 4.33. The second-order valence-corrected chi connectivity index (χ2v) is 5.08. The Balaban J connectivity index is 4.46. The van der Waals surface area contributed by atoms with E-state index < -0.39 is 24.1 Å². The van der Waals surface area contributed by atoms with E-state index in [9.17, 15) is 9.59 Å². The van der Waals surface area contributed by atoms with Crippen LogP contribution in [-0.2, 0) is 19.1 Å². The zero-order valence-corrected chi connectivity index (χ0v) is 12.6. The minimum atomic E-state index is -0.975. The summed E-state index contributed by atoms with van der Waals surface area (Å²) in [4.78, 5) is 22.7. The number of unbranched alkanes of at least 4 members (excludes halogenated alkanes) is 1. The van der Waals surface area contributed by atoms with Gasteiger partial charge < -0.3 is 20.3 Å². The molecule has 0 amide bonds. The Morgan fingerprint density at radius 1 is 1.30 bits per heavy atom. The zero-order valence-electron chi connectivity index (χ0n) is 12.6. The lowest BCUT2D eigenvalue weighted by Crippen LogP contribution is -2.38. The van der Waals surface area contributed by atoms with Crippen LogP contribution in [-0.4, -0.2) is 42.9 Å². The first kappa shape index (κ1) is 18.9. The number of methoxy groups -OCH3 is 1. The molecule has 0 saturated carbocycles. The molecule has 3 N–H and O–H groups in total. The molecule has 6 heteroatoms. The molecule has 0 saturated heterocycles. The van der Waals surface area contributed by atoms with Crippen LogP contribution in [0.1, 0.15) is 46.0 Å². The molecule has 0 rings (SSSR count). The Kier molecular flexibility index (Phi) is 10.0. The largest absolute Gasteiger partial charge is 0.481 e. The van der Waals surface area contributed by atoms with Crippen LogP contribution in [0.3, 0.4) is 0 Å². The van der Waals surface area contributed by atoms with E-state index in [1.807, 2.05) is 6.92 Å². The fraction of sp³-hybridized carbons (Fsp3) is 0.857. The third-order valence-corrected chi connectivity index (χ3v) is 3.23. The molecular weight excluding hydrogens is 262 g/mol. The summed E-state index contributed by atoms with van der Waals surface area (Å²) in [5.41, 5.74) is 5.68. The first-order valence-electron chi connectivity index (χ1n) is 7.09. The summed E-state index contributed by atoms with van der Waals surface area (Å²) in [5.74, 6) is -1.53. The van der Waals surface area contributed by atoms with Gasteiger partial charge in [-0.3, -0.25) is 9.59 Å². The summed E-state index contributed by atoms with van der Waals surface area (Å²) < 4.78 is 10.1. The number of nitrogens with two attached hydrogens (primary N) is 1. The van der Waals surface area contributed by atoms with Gasteiger partial charge in [0.05, 0.1) is 6.42 Å². The second-order valence-electron chi connectivity index (χ2n) is 5.08. The van der Waals surface area contributed by atoms with E-state index >= 15 is 0 Å². The normalized spacial score (nSPS) is 15.4. The zero-order chi connectivity index (χ0) is 15.5. The maximum atomic E-state index is 11.8. The number of aliphatic carboxylic acids is 1. The first-order valence-corrected chi connectivity index (χ1v) is 7.09. The molecule has 0 aliphatic rings. The molecule has 0 fully saturated rings. The van der Waals surface area contributed by atoms with Crippen molar-refractivity contribution in [2.45, 2.75) is 58.1 Å². The fourth-order valence-corrected chi connectivity index (χ4v) is 1.84. The molecule has 0 aromatic carbocycles. The lowest BCUT2D eigenvalue weighted by Gasteiger charge is -2.24. The van der Waals surface area contributed by atoms with Gasteiger partial charge in [-0.05, 0) is 18.8 Å². The summed E-state index contributed by atoms with van der Waals surface area (Å²) in [6.07, 6.45) is 2.37. The van der Waals surface area contributed by atoms with Gasteiger partial charge in [-0.1, -0.05) is 26.7 Å². The van der Waals surface area contributed by atoms with Gasteiger partial charge in [-0.2, -0.15) is 0 Å². The third kappa shape index (κ3) is 8.12. The van der Waals surface area contributed by atoms with Crippen LogP contribution >= 0.6 is 0 Å². The number of carbonyl (C=O) groups excluding carboxylic acids is 1. The highest BCUT2D eigenvalue weighted by molar-refractivity contribution is 5.76. The SMILES string of the molecule is CCCC[C@H](C)[C@H](CC(=O)O)OC(=O)[C@@H](N)CCOC. The third-order valence-electron chi connectivity index (χ3n) is 3.23. The minimum Gasteiger partial charge on any atom is -0.481 e. The molecule has 0 bridgehead atoms. The predicted octanol–water partition coefficient (Wildman–Crippen LogP) is 1.56. The number of ether oxygens (including phenoxy) is 2. The molecule has 0 radical (unpaired) electrons. The fourth-order valence-electron chi connectivity index (χ4n) is 1.84. The van der Waals surface area contributed by atoms with Gasteiger partial charge in [0.15, 0.2) is 0 Å². The van der Waals surface area contributed by atoms with Gasteiger partial charge >= 0.3 is 11.9 Å². The molecule has 0 aliphatic carbocycles. The predicted molar refractivity (Wildman–Crippen MR) is 75.3 cm³/mol. The van der Waals surface area contributed by atoms with Gasteiger partial charge in [0.1, 0.15) is 12.1 Å². The summed E-state index contributed by atoms with van der Waals surface area (Å²) in [6, 6.07) is -0.773. The van der Waals surface area contributed by atoms with Gasteiger partial charge in [0.25, 0.3) is 0 Å². The summed E-state index contributed by atoms with van der Waals surface area (Å²) in [7, 11) is 1.53. The Morgan fingerprint density at radius 2 is 1.95 bits per heavy atom. The quantitative estimate of drug-likeness (QED) is 0.560. The number of carboxylic acid groups (broad SMARTS) is 1. The molecule has 6 nitrogen and oxygen atoms in total. The van der Waals surface area contributed by atoms with Gasteiger partial charge in [0.2, 0.25) is 0 Å². The molecule has 118 valence electrons. The standard InChI is InChI=1S/C14H27NO5/c1-4-5-6-10(2)12(9-13(16)17)20-14(18)11(15)7-8-19-3/h10-12H,4-9,15H2,1-3H3,(H,16,17)/t10-,11-,12-/m0/s1. The number of hydrogen-bond donors (Lipinski definition) is 2. The van der Waals surface area contributed by atoms with Crippen LogP contribution < -0.4 is 5.73 Å². The number of carbonyl (C=O) groups is 2. The van der Waals surface area contributed by atoms with Crippen molar-refractivity contribution in [1.82, 2.24) is 0 Å². The number of hydrogen-bond acceptors (Lipinski definition) is 5. The van der Waals surface area contributed by atoms with Crippen molar-refractivity contribution in [2.24, 2.45) is 11.7 Å². The molecule has 0 aromatic heterocycles. The minimum absolute atomic E-state index is 0.00428. The van der Waals surface area contributed by atoms with Crippen LogP contribution in [0.4, 0.5) is 0 Å². The van der Waals surface area contributed by atoms with E-state index in [0.29, 0.717) is 13.0 Å². The second kappa shape index (κ2) is 10.6. The van der Waals surface area contributed by atoms with Crippen molar-refractivity contribution in [3.8, 4) is 0 Å². The van der Waals surface area contributed by atoms with Crippen molar-refractivity contribution < 1.29 is 24.2 Å². The number of rotatable bonds is 11. The average Bonchev–Trinajstić information content (AvgIpc) is 2.40. The van der Waals surface area contributed by atoms with Crippen LogP contribution in [0.5, 0.6) is 0 Å². The molecular formula is C14H27NO5. The maximum Gasteiger partial charge on any atom is 0.323 e. The van der Waals surface area contributed by atoms with Crippen LogP contribution in [0.15, 0.2) is 0 Å².